The van der Waals surface area contributed by atoms with Crippen molar-refractivity contribution in [2.75, 3.05) is 18.4 Å². The highest BCUT2D eigenvalue weighted by Gasteiger charge is 2.37. The molecule has 0 aliphatic heterocycles. The molecule has 0 radical (unpaired) electrons. The summed E-state index contributed by atoms with van der Waals surface area (Å²) in [4.78, 5) is 35.4. The lowest BCUT2D eigenvalue weighted by molar-refractivity contribution is -0.384. The van der Waals surface area contributed by atoms with Crippen LogP contribution in [-0.4, -0.2) is 51.9 Å². The summed E-state index contributed by atoms with van der Waals surface area (Å²) >= 11 is 0. The monoisotopic (exact) mass is 361 g/mol. The maximum atomic E-state index is 11.8. The summed E-state index contributed by atoms with van der Waals surface area (Å²) in [6, 6.07) is 4.47. The summed E-state index contributed by atoms with van der Waals surface area (Å²) in [7, 11) is 0. The number of carbonyl (C=O) groups excluding carboxylic acids is 1. The van der Waals surface area contributed by atoms with Crippen LogP contribution in [0.5, 0.6) is 0 Å². The minimum Gasteiger partial charge on any atom is -0.480 e. The van der Waals surface area contributed by atoms with Gasteiger partial charge in [0.2, 0.25) is 0 Å². The number of anilines is 1. The topological polar surface area (TPSA) is 113 Å². The second kappa shape index (κ2) is 7.41. The van der Waals surface area contributed by atoms with Gasteiger partial charge in [-0.2, -0.15) is 0 Å². The van der Waals surface area contributed by atoms with E-state index in [1.807, 2.05) is 4.90 Å². The van der Waals surface area contributed by atoms with E-state index in [0.717, 1.165) is 19.4 Å². The first-order valence-corrected chi connectivity index (χ1v) is 8.85. The van der Waals surface area contributed by atoms with Crippen LogP contribution in [0.15, 0.2) is 18.2 Å². The quantitative estimate of drug-likeness (QED) is 0.395. The third-order valence-electron chi connectivity index (χ3n) is 5.11. The van der Waals surface area contributed by atoms with Gasteiger partial charge in [-0.15, -0.1) is 0 Å². The van der Waals surface area contributed by atoms with Gasteiger partial charge in [0.1, 0.15) is 0 Å². The van der Waals surface area contributed by atoms with E-state index in [1.54, 1.807) is 0 Å². The van der Waals surface area contributed by atoms with Crippen molar-refractivity contribution in [3.05, 3.63) is 33.9 Å². The SMILES string of the molecule is CC(=O)c1ccc([N+](=O)[O-])cc1NC1CC(N(CC(=O)O)CC2CC2)C1. The molecule has 1 aromatic carbocycles. The Morgan fingerprint density at radius 3 is 2.58 bits per heavy atom. The summed E-state index contributed by atoms with van der Waals surface area (Å²) in [5, 5.41) is 23.3. The predicted octanol–water partition coefficient (Wildman–Crippen LogP) is 2.54. The number of nitrogens with one attached hydrogen (secondary N) is 1. The minimum absolute atomic E-state index is 0.0450. The number of carbonyl (C=O) groups is 2. The zero-order valence-corrected chi connectivity index (χ0v) is 14.7. The van der Waals surface area contributed by atoms with Crippen molar-refractivity contribution in [2.24, 2.45) is 5.92 Å². The molecule has 26 heavy (non-hydrogen) atoms. The van der Waals surface area contributed by atoms with E-state index in [4.69, 9.17) is 5.11 Å². The molecular formula is C18H23N3O5. The third-order valence-corrected chi connectivity index (χ3v) is 5.11. The average molecular weight is 361 g/mol. The Bertz CT molecular complexity index is 726. The Kier molecular flexibility index (Phi) is 5.22. The molecule has 2 aliphatic rings. The third kappa shape index (κ3) is 4.37. The number of nitro benzene ring substituents is 1. The van der Waals surface area contributed by atoms with Crippen LogP contribution in [0.25, 0.3) is 0 Å². The lowest BCUT2D eigenvalue weighted by atomic mass is 9.84. The fourth-order valence-electron chi connectivity index (χ4n) is 3.44. The number of Topliss-reactive ketones (excluding diaryl/α,β-unsaturated/α-hetero) is 1. The summed E-state index contributed by atoms with van der Waals surface area (Å²) in [6.07, 6.45) is 3.86. The van der Waals surface area contributed by atoms with Crippen molar-refractivity contribution in [2.45, 2.75) is 44.7 Å². The highest BCUT2D eigenvalue weighted by molar-refractivity contribution is 6.00. The van der Waals surface area contributed by atoms with Gasteiger partial charge in [-0.3, -0.25) is 24.6 Å². The number of hydrogen-bond donors (Lipinski definition) is 2. The second-order valence-corrected chi connectivity index (χ2v) is 7.28. The number of ketones is 1. The first kappa shape index (κ1) is 18.3. The zero-order chi connectivity index (χ0) is 18.8. The van der Waals surface area contributed by atoms with Gasteiger partial charge in [0.05, 0.1) is 17.2 Å². The van der Waals surface area contributed by atoms with Gasteiger partial charge >= 0.3 is 5.97 Å². The molecule has 0 bridgehead atoms. The van der Waals surface area contributed by atoms with Crippen LogP contribution in [0.1, 0.15) is 43.0 Å². The van der Waals surface area contributed by atoms with Crippen LogP contribution in [0, 0.1) is 16.0 Å². The van der Waals surface area contributed by atoms with E-state index < -0.39 is 10.9 Å². The Labute approximate surface area is 151 Å². The predicted molar refractivity (Wildman–Crippen MR) is 95.5 cm³/mol. The lowest BCUT2D eigenvalue weighted by Crippen LogP contribution is -2.52. The Hall–Kier alpha value is -2.48. The number of carboxylic acids is 1. The maximum absolute atomic E-state index is 11.8. The van der Waals surface area contributed by atoms with Crippen molar-refractivity contribution in [1.29, 1.82) is 0 Å². The summed E-state index contributed by atoms with van der Waals surface area (Å²) in [5.41, 5.74) is 0.844. The van der Waals surface area contributed by atoms with E-state index in [9.17, 15) is 19.7 Å². The highest BCUT2D eigenvalue weighted by atomic mass is 16.6. The summed E-state index contributed by atoms with van der Waals surface area (Å²) < 4.78 is 0. The zero-order valence-electron chi connectivity index (χ0n) is 14.7. The average Bonchev–Trinajstić information content (AvgIpc) is 3.32. The number of benzene rings is 1. The van der Waals surface area contributed by atoms with Gasteiger partial charge in [0.15, 0.2) is 5.78 Å². The lowest BCUT2D eigenvalue weighted by Gasteiger charge is -2.43. The van der Waals surface area contributed by atoms with Gasteiger partial charge in [-0.05, 0) is 44.6 Å². The molecule has 2 saturated carbocycles. The first-order chi connectivity index (χ1) is 12.3. The number of hydrogen-bond acceptors (Lipinski definition) is 6. The number of non-ortho nitro benzene ring substituents is 1. The molecule has 2 fully saturated rings. The Morgan fingerprint density at radius 2 is 2.04 bits per heavy atom. The van der Waals surface area contributed by atoms with Crippen LogP contribution >= 0.6 is 0 Å². The molecule has 1 aromatic rings. The standard InChI is InChI=1S/C18H23N3O5/c1-11(22)16-5-4-14(21(25)26)8-17(16)19-13-6-15(7-13)20(10-18(23)24)9-12-2-3-12/h4-5,8,12-13,15,19H,2-3,6-7,9-10H2,1H3,(H,23,24). The molecule has 2 N–H and O–H groups in total. The van der Waals surface area contributed by atoms with E-state index in [-0.39, 0.29) is 30.1 Å². The molecule has 0 spiro atoms. The molecular weight excluding hydrogens is 338 g/mol. The second-order valence-electron chi connectivity index (χ2n) is 7.28. The van der Waals surface area contributed by atoms with Gasteiger partial charge in [0.25, 0.3) is 5.69 Å². The largest absolute Gasteiger partial charge is 0.480 e. The summed E-state index contributed by atoms with van der Waals surface area (Å²) in [5.74, 6) is -0.360. The number of carboxylic acid groups (broad SMARTS) is 1. The van der Waals surface area contributed by atoms with Crippen molar-refractivity contribution in [3.8, 4) is 0 Å². The first-order valence-electron chi connectivity index (χ1n) is 8.85. The molecule has 2 aliphatic carbocycles. The molecule has 0 atom stereocenters. The van der Waals surface area contributed by atoms with Gasteiger partial charge in [-0.25, -0.2) is 0 Å². The van der Waals surface area contributed by atoms with Crippen LogP contribution in [-0.2, 0) is 4.79 Å². The minimum atomic E-state index is -0.820. The molecule has 0 unspecified atom stereocenters. The van der Waals surface area contributed by atoms with Crippen LogP contribution < -0.4 is 5.32 Å². The van der Waals surface area contributed by atoms with Crippen LogP contribution in [0.3, 0.4) is 0 Å². The molecule has 140 valence electrons. The number of aliphatic carboxylic acids is 1. The fourth-order valence-corrected chi connectivity index (χ4v) is 3.44. The number of nitro groups is 1. The molecule has 0 saturated heterocycles. The van der Waals surface area contributed by atoms with Crippen LogP contribution in [0.4, 0.5) is 11.4 Å². The molecule has 0 aromatic heterocycles. The van der Waals surface area contributed by atoms with Gasteiger partial charge in [-0.1, -0.05) is 0 Å². The molecule has 0 amide bonds. The van der Waals surface area contributed by atoms with E-state index in [1.165, 1.54) is 38.0 Å². The van der Waals surface area contributed by atoms with Crippen molar-refractivity contribution >= 4 is 23.1 Å². The Morgan fingerprint density at radius 1 is 1.35 bits per heavy atom. The van der Waals surface area contributed by atoms with Crippen molar-refractivity contribution < 1.29 is 19.6 Å². The molecule has 8 nitrogen and oxygen atoms in total. The number of rotatable bonds is 9. The molecule has 8 heteroatoms. The highest BCUT2D eigenvalue weighted by Crippen LogP contribution is 2.35. The smallest absolute Gasteiger partial charge is 0.317 e. The van der Waals surface area contributed by atoms with Crippen molar-refractivity contribution in [1.82, 2.24) is 4.90 Å². The van der Waals surface area contributed by atoms with E-state index in [0.29, 0.717) is 17.2 Å². The summed E-state index contributed by atoms with van der Waals surface area (Å²) in [6.45, 7) is 2.29. The number of nitrogens with zero attached hydrogens (tertiary/aromatic N) is 2. The fraction of sp³-hybridized carbons (Fsp3) is 0.556. The molecule has 3 rings (SSSR count). The van der Waals surface area contributed by atoms with E-state index in [2.05, 4.69) is 5.32 Å². The van der Waals surface area contributed by atoms with Crippen molar-refractivity contribution in [3.63, 3.8) is 0 Å². The van der Waals surface area contributed by atoms with Crippen LogP contribution in [0.2, 0.25) is 0 Å². The normalized spacial score (nSPS) is 21.9. The maximum Gasteiger partial charge on any atom is 0.317 e. The Balaban J connectivity index is 1.63. The van der Waals surface area contributed by atoms with Gasteiger partial charge < -0.3 is 10.4 Å². The van der Waals surface area contributed by atoms with E-state index >= 15 is 0 Å². The van der Waals surface area contributed by atoms with Gasteiger partial charge in [0, 0.05) is 36.3 Å². The molecule has 0 heterocycles.